The van der Waals surface area contributed by atoms with Gasteiger partial charge in [-0.2, -0.15) is 0 Å². The zero-order valence-electron chi connectivity index (χ0n) is 11.5. The Hall–Kier alpha value is -2.82. The zero-order chi connectivity index (χ0) is 14.8. The fraction of sp³-hybridized carbons (Fsp3) is 0.125. The van der Waals surface area contributed by atoms with E-state index in [1.54, 1.807) is 18.2 Å². The number of carbonyl (C=O) groups is 1. The molecule has 0 unspecified atom stereocenters. The summed E-state index contributed by atoms with van der Waals surface area (Å²) in [5.41, 5.74) is 3.87. The third-order valence-corrected chi connectivity index (χ3v) is 3.25. The van der Waals surface area contributed by atoms with Crippen LogP contribution in [0.5, 0.6) is 0 Å². The van der Waals surface area contributed by atoms with Gasteiger partial charge >= 0.3 is 6.09 Å². The van der Waals surface area contributed by atoms with Crippen LogP contribution < -0.4 is 5.32 Å². The van der Waals surface area contributed by atoms with Crippen LogP contribution in [-0.4, -0.2) is 16.2 Å². The Kier molecular flexibility index (Phi) is 3.31. The molecular formula is C16H14N2O3. The average molecular weight is 282 g/mol. The maximum atomic E-state index is 10.6. The summed E-state index contributed by atoms with van der Waals surface area (Å²) < 4.78 is 5.70. The summed E-state index contributed by atoms with van der Waals surface area (Å²) in [4.78, 5) is 15.0. The number of nitrogens with zero attached hydrogens (tertiary/aromatic N) is 1. The largest absolute Gasteiger partial charge is 0.465 e. The molecule has 1 aromatic heterocycles. The van der Waals surface area contributed by atoms with Crippen LogP contribution >= 0.6 is 0 Å². The first kappa shape index (κ1) is 13.2. The number of oxazole rings is 1. The van der Waals surface area contributed by atoms with Crippen molar-refractivity contribution in [2.75, 3.05) is 5.32 Å². The highest BCUT2D eigenvalue weighted by Crippen LogP contribution is 2.26. The molecule has 2 N–H and O–H groups in total. The molecule has 0 saturated heterocycles. The number of anilines is 1. The molecule has 1 amide bonds. The molecule has 0 atom stereocenters. The molecular weight excluding hydrogens is 268 g/mol. The van der Waals surface area contributed by atoms with E-state index in [1.807, 2.05) is 24.3 Å². The highest BCUT2D eigenvalue weighted by Gasteiger charge is 2.09. The molecule has 0 bridgehead atoms. The molecule has 0 aliphatic rings. The van der Waals surface area contributed by atoms with Crippen LogP contribution in [0.3, 0.4) is 0 Å². The number of amides is 1. The molecule has 0 aliphatic heterocycles. The summed E-state index contributed by atoms with van der Waals surface area (Å²) >= 11 is 0. The predicted octanol–water partition coefficient (Wildman–Crippen LogP) is 4.15. The van der Waals surface area contributed by atoms with Gasteiger partial charge in [0.1, 0.15) is 5.52 Å². The number of fused-ring (bicyclic) bond motifs is 1. The van der Waals surface area contributed by atoms with E-state index in [2.05, 4.69) is 17.2 Å². The second-order valence-electron chi connectivity index (χ2n) is 4.68. The van der Waals surface area contributed by atoms with Crippen LogP contribution in [0.25, 0.3) is 22.6 Å². The van der Waals surface area contributed by atoms with Gasteiger partial charge in [-0.1, -0.05) is 19.1 Å². The number of hydrogen-bond acceptors (Lipinski definition) is 3. The Morgan fingerprint density at radius 3 is 2.67 bits per heavy atom. The summed E-state index contributed by atoms with van der Waals surface area (Å²) in [6.45, 7) is 2.10. The summed E-state index contributed by atoms with van der Waals surface area (Å²) in [7, 11) is 0. The third-order valence-electron chi connectivity index (χ3n) is 3.25. The van der Waals surface area contributed by atoms with Crippen molar-refractivity contribution in [3.63, 3.8) is 0 Å². The molecule has 0 saturated carbocycles. The molecule has 2 aromatic carbocycles. The van der Waals surface area contributed by atoms with Crippen LogP contribution in [0.1, 0.15) is 12.5 Å². The normalized spacial score (nSPS) is 10.7. The number of aromatic nitrogens is 1. The SMILES string of the molecule is CCc1ccc(-c2nc3cc(NC(=O)O)ccc3o2)cc1. The fourth-order valence-corrected chi connectivity index (χ4v) is 2.14. The third kappa shape index (κ3) is 2.72. The molecule has 5 heteroatoms. The maximum absolute atomic E-state index is 10.6. The number of benzene rings is 2. The van der Waals surface area contributed by atoms with Crippen LogP contribution in [0, 0.1) is 0 Å². The van der Waals surface area contributed by atoms with Gasteiger partial charge in [0.2, 0.25) is 5.89 Å². The zero-order valence-corrected chi connectivity index (χ0v) is 11.5. The van der Waals surface area contributed by atoms with Crippen LogP contribution in [0.4, 0.5) is 10.5 Å². The molecule has 0 aliphatic carbocycles. The Morgan fingerprint density at radius 1 is 1.24 bits per heavy atom. The second kappa shape index (κ2) is 5.28. The topological polar surface area (TPSA) is 75.4 Å². The van der Waals surface area contributed by atoms with Gasteiger partial charge in [-0.25, -0.2) is 9.78 Å². The smallest absolute Gasteiger partial charge is 0.409 e. The summed E-state index contributed by atoms with van der Waals surface area (Å²) in [5.74, 6) is 0.528. The van der Waals surface area contributed by atoms with E-state index in [-0.39, 0.29) is 0 Å². The van der Waals surface area contributed by atoms with E-state index in [1.165, 1.54) is 5.56 Å². The van der Waals surface area contributed by atoms with E-state index in [0.29, 0.717) is 22.7 Å². The van der Waals surface area contributed by atoms with Crippen molar-refractivity contribution in [2.24, 2.45) is 0 Å². The molecule has 3 aromatic rings. The highest BCUT2D eigenvalue weighted by atomic mass is 16.4. The lowest BCUT2D eigenvalue weighted by molar-refractivity contribution is 0.210. The lowest BCUT2D eigenvalue weighted by Gasteiger charge is -1.98. The van der Waals surface area contributed by atoms with Gasteiger partial charge in [-0.15, -0.1) is 0 Å². The monoisotopic (exact) mass is 282 g/mol. The van der Waals surface area contributed by atoms with Crippen molar-refractivity contribution in [3.8, 4) is 11.5 Å². The molecule has 0 fully saturated rings. The van der Waals surface area contributed by atoms with Gasteiger partial charge in [0.15, 0.2) is 5.58 Å². The lowest BCUT2D eigenvalue weighted by atomic mass is 10.1. The minimum atomic E-state index is -1.10. The number of carboxylic acid groups (broad SMARTS) is 1. The number of rotatable bonds is 3. The number of aryl methyl sites for hydroxylation is 1. The standard InChI is InChI=1S/C16H14N2O3/c1-2-10-3-5-11(6-4-10)15-18-13-9-12(17-16(19)20)7-8-14(13)21-15/h3-9,17H,2H2,1H3,(H,19,20). The van der Waals surface area contributed by atoms with Crippen LogP contribution in [0.15, 0.2) is 46.9 Å². The average Bonchev–Trinajstić information content (AvgIpc) is 2.90. The van der Waals surface area contributed by atoms with E-state index >= 15 is 0 Å². The molecule has 3 rings (SSSR count). The molecule has 5 nitrogen and oxygen atoms in total. The molecule has 0 radical (unpaired) electrons. The lowest BCUT2D eigenvalue weighted by Crippen LogP contribution is -2.06. The van der Waals surface area contributed by atoms with E-state index in [0.717, 1.165) is 12.0 Å². The quantitative estimate of drug-likeness (QED) is 0.756. The van der Waals surface area contributed by atoms with Crippen molar-refractivity contribution < 1.29 is 14.3 Å². The van der Waals surface area contributed by atoms with Crippen molar-refractivity contribution in [1.82, 2.24) is 4.98 Å². The van der Waals surface area contributed by atoms with Crippen molar-refractivity contribution in [1.29, 1.82) is 0 Å². The fourth-order valence-electron chi connectivity index (χ4n) is 2.14. The Bertz CT molecular complexity index is 791. The predicted molar refractivity (Wildman–Crippen MR) is 80.5 cm³/mol. The summed E-state index contributed by atoms with van der Waals surface area (Å²) in [6, 6.07) is 13.0. The van der Waals surface area contributed by atoms with Gasteiger partial charge in [0, 0.05) is 11.3 Å². The minimum absolute atomic E-state index is 0.469. The van der Waals surface area contributed by atoms with Crippen LogP contribution in [-0.2, 0) is 6.42 Å². The van der Waals surface area contributed by atoms with E-state index < -0.39 is 6.09 Å². The number of hydrogen-bond donors (Lipinski definition) is 2. The molecule has 0 spiro atoms. The number of nitrogens with one attached hydrogen (secondary N) is 1. The summed E-state index contributed by atoms with van der Waals surface area (Å²) in [5, 5.41) is 11.0. The molecule has 1 heterocycles. The first-order valence-corrected chi connectivity index (χ1v) is 6.65. The van der Waals surface area contributed by atoms with Crippen molar-refractivity contribution >= 4 is 22.9 Å². The first-order chi connectivity index (χ1) is 10.2. The Morgan fingerprint density at radius 2 is 2.00 bits per heavy atom. The second-order valence-corrected chi connectivity index (χ2v) is 4.68. The first-order valence-electron chi connectivity index (χ1n) is 6.65. The van der Waals surface area contributed by atoms with Gasteiger partial charge in [0.05, 0.1) is 0 Å². The Labute approximate surface area is 121 Å². The summed E-state index contributed by atoms with van der Waals surface area (Å²) in [6.07, 6.45) is -0.119. The Balaban J connectivity index is 1.97. The van der Waals surface area contributed by atoms with Crippen LogP contribution in [0.2, 0.25) is 0 Å². The van der Waals surface area contributed by atoms with E-state index in [4.69, 9.17) is 9.52 Å². The van der Waals surface area contributed by atoms with Crippen molar-refractivity contribution in [3.05, 3.63) is 48.0 Å². The molecule has 106 valence electrons. The highest BCUT2D eigenvalue weighted by molar-refractivity contribution is 5.87. The molecule has 21 heavy (non-hydrogen) atoms. The van der Waals surface area contributed by atoms with Gasteiger partial charge in [-0.05, 0) is 42.3 Å². The van der Waals surface area contributed by atoms with Gasteiger partial charge in [-0.3, -0.25) is 5.32 Å². The van der Waals surface area contributed by atoms with E-state index in [9.17, 15) is 4.79 Å². The van der Waals surface area contributed by atoms with Gasteiger partial charge in [0.25, 0.3) is 0 Å². The minimum Gasteiger partial charge on any atom is -0.465 e. The van der Waals surface area contributed by atoms with Gasteiger partial charge < -0.3 is 9.52 Å². The maximum Gasteiger partial charge on any atom is 0.409 e. The van der Waals surface area contributed by atoms with Crippen molar-refractivity contribution in [2.45, 2.75) is 13.3 Å².